The van der Waals surface area contributed by atoms with Crippen LogP contribution in [0.2, 0.25) is 0 Å². The molecule has 0 radical (unpaired) electrons. The summed E-state index contributed by atoms with van der Waals surface area (Å²) in [6.45, 7) is 0.612. The van der Waals surface area contributed by atoms with Crippen LogP contribution in [0.4, 0.5) is 5.69 Å². The van der Waals surface area contributed by atoms with E-state index in [0.717, 1.165) is 12.0 Å². The maximum Gasteiger partial charge on any atom is 0.329 e. The number of benzene rings is 1. The van der Waals surface area contributed by atoms with Gasteiger partial charge in [-0.1, -0.05) is 12.1 Å². The third kappa shape index (κ3) is 1.56. The SMILES string of the molecule is CO[N+](=O)c1cccc2c1C(=O)NCC2. The molecule has 0 fully saturated rings. The summed E-state index contributed by atoms with van der Waals surface area (Å²) in [7, 11) is 1.27. The highest BCUT2D eigenvalue weighted by Gasteiger charge is 2.29. The van der Waals surface area contributed by atoms with Crippen LogP contribution < -0.4 is 5.32 Å². The van der Waals surface area contributed by atoms with Crippen molar-refractivity contribution in [3.05, 3.63) is 34.2 Å². The van der Waals surface area contributed by atoms with Crippen molar-refractivity contribution in [1.29, 1.82) is 0 Å². The van der Waals surface area contributed by atoms with E-state index in [0.29, 0.717) is 17.0 Å². The van der Waals surface area contributed by atoms with E-state index in [-0.39, 0.29) is 11.6 Å². The summed E-state index contributed by atoms with van der Waals surface area (Å²) in [4.78, 5) is 27.8. The smallest absolute Gasteiger partial charge is 0.329 e. The lowest BCUT2D eigenvalue weighted by Gasteiger charge is -2.14. The van der Waals surface area contributed by atoms with Crippen LogP contribution in [0.5, 0.6) is 0 Å². The van der Waals surface area contributed by atoms with Crippen molar-refractivity contribution >= 4 is 11.6 Å². The third-order valence-electron chi connectivity index (χ3n) is 2.40. The summed E-state index contributed by atoms with van der Waals surface area (Å²) in [6, 6.07) is 5.16. The molecule has 0 atom stereocenters. The van der Waals surface area contributed by atoms with Gasteiger partial charge in [-0.05, 0) is 12.0 Å². The Morgan fingerprint density at radius 1 is 1.47 bits per heavy atom. The zero-order valence-electron chi connectivity index (χ0n) is 8.32. The number of carbonyl (C=O) groups is 1. The van der Waals surface area contributed by atoms with Gasteiger partial charge in [0.2, 0.25) is 0 Å². The molecule has 1 aromatic carbocycles. The summed E-state index contributed by atoms with van der Waals surface area (Å²) in [5, 5.41) is 2.70. The Labute approximate surface area is 86.6 Å². The maximum absolute atomic E-state index is 11.6. The summed E-state index contributed by atoms with van der Waals surface area (Å²) >= 11 is 0. The van der Waals surface area contributed by atoms with Crippen molar-refractivity contribution < 1.29 is 14.6 Å². The van der Waals surface area contributed by atoms with Gasteiger partial charge in [0, 0.05) is 12.6 Å². The van der Waals surface area contributed by atoms with Crippen molar-refractivity contribution in [2.24, 2.45) is 0 Å². The van der Waals surface area contributed by atoms with Gasteiger partial charge in [-0.2, -0.15) is 0 Å². The zero-order valence-corrected chi connectivity index (χ0v) is 8.32. The fourth-order valence-electron chi connectivity index (χ4n) is 1.71. The number of nitrogens with one attached hydrogen (secondary N) is 1. The van der Waals surface area contributed by atoms with Crippen molar-refractivity contribution in [3.8, 4) is 0 Å². The van der Waals surface area contributed by atoms with E-state index in [4.69, 9.17) is 0 Å². The molecule has 0 aromatic heterocycles. The Bertz CT molecular complexity index is 429. The van der Waals surface area contributed by atoms with Gasteiger partial charge in [-0.15, -0.1) is 0 Å². The van der Waals surface area contributed by atoms with Crippen LogP contribution in [0, 0.1) is 4.91 Å². The molecule has 0 aliphatic carbocycles. The molecule has 1 aromatic rings. The second kappa shape index (κ2) is 3.68. The van der Waals surface area contributed by atoms with Crippen molar-refractivity contribution in [3.63, 3.8) is 0 Å². The lowest BCUT2D eigenvalue weighted by Crippen LogP contribution is -2.32. The Kier molecular flexibility index (Phi) is 2.37. The third-order valence-corrected chi connectivity index (χ3v) is 2.40. The monoisotopic (exact) mass is 207 g/mol. The number of rotatable bonds is 2. The Morgan fingerprint density at radius 3 is 3.00 bits per heavy atom. The number of hydrogen-bond donors (Lipinski definition) is 1. The Morgan fingerprint density at radius 2 is 2.27 bits per heavy atom. The number of carbonyl (C=O) groups excluding carboxylic acids is 1. The first-order valence-electron chi connectivity index (χ1n) is 4.65. The number of amides is 1. The molecule has 0 unspecified atom stereocenters. The average molecular weight is 207 g/mol. The largest absolute Gasteiger partial charge is 0.351 e. The minimum Gasteiger partial charge on any atom is -0.351 e. The highest BCUT2D eigenvalue weighted by Crippen LogP contribution is 2.24. The Balaban J connectivity index is 2.56. The quantitative estimate of drug-likeness (QED) is 0.734. The highest BCUT2D eigenvalue weighted by molar-refractivity contribution is 6.00. The predicted molar refractivity (Wildman–Crippen MR) is 52.8 cm³/mol. The first kappa shape index (κ1) is 9.64. The topological polar surface area (TPSA) is 58.4 Å². The Hall–Kier alpha value is -1.91. The lowest BCUT2D eigenvalue weighted by molar-refractivity contribution is -0.736. The zero-order chi connectivity index (χ0) is 10.8. The van der Waals surface area contributed by atoms with E-state index in [2.05, 4.69) is 10.2 Å². The second-order valence-corrected chi connectivity index (χ2v) is 3.26. The molecule has 0 bridgehead atoms. The van der Waals surface area contributed by atoms with Gasteiger partial charge < -0.3 is 5.32 Å². The predicted octanol–water partition coefficient (Wildman–Crippen LogP) is 0.944. The molecular weight excluding hydrogens is 196 g/mol. The molecule has 5 heteroatoms. The first-order valence-corrected chi connectivity index (χ1v) is 4.65. The molecule has 5 nitrogen and oxygen atoms in total. The lowest BCUT2D eigenvalue weighted by atomic mass is 9.99. The number of hydrogen-bond acceptors (Lipinski definition) is 3. The highest BCUT2D eigenvalue weighted by atomic mass is 16.8. The summed E-state index contributed by atoms with van der Waals surface area (Å²) in [6.07, 6.45) is 0.743. The van der Waals surface area contributed by atoms with E-state index in [1.165, 1.54) is 7.11 Å². The average Bonchev–Trinajstić information content (AvgIpc) is 2.28. The van der Waals surface area contributed by atoms with Crippen LogP contribution in [0.25, 0.3) is 0 Å². The normalized spacial score (nSPS) is 14.1. The fraction of sp³-hybridized carbons (Fsp3) is 0.300. The molecule has 15 heavy (non-hydrogen) atoms. The van der Waals surface area contributed by atoms with Gasteiger partial charge in [-0.3, -0.25) is 4.79 Å². The van der Waals surface area contributed by atoms with Crippen LogP contribution in [0.3, 0.4) is 0 Å². The van der Waals surface area contributed by atoms with Gasteiger partial charge in [0.1, 0.15) is 5.56 Å². The van der Waals surface area contributed by atoms with E-state index >= 15 is 0 Å². The molecule has 78 valence electrons. The molecule has 0 saturated carbocycles. The van der Waals surface area contributed by atoms with E-state index in [1.807, 2.05) is 6.07 Å². The number of fused-ring (bicyclic) bond motifs is 1. The molecule has 2 rings (SSSR count). The minimum atomic E-state index is -0.218. The van der Waals surface area contributed by atoms with Crippen LogP contribution in [0.1, 0.15) is 15.9 Å². The van der Waals surface area contributed by atoms with Crippen LogP contribution >= 0.6 is 0 Å². The summed E-state index contributed by atoms with van der Waals surface area (Å²) in [5.74, 6) is -0.218. The van der Waals surface area contributed by atoms with Gasteiger partial charge >= 0.3 is 5.69 Å². The molecular formula is C10H11N2O3+. The van der Waals surface area contributed by atoms with Gasteiger partial charge in [0.05, 0.1) is 4.91 Å². The number of nitrogens with zero attached hydrogens (tertiary/aromatic N) is 1. The molecule has 1 aliphatic heterocycles. The molecule has 0 spiro atoms. The van der Waals surface area contributed by atoms with E-state index in [9.17, 15) is 9.70 Å². The van der Waals surface area contributed by atoms with Crippen LogP contribution in [-0.2, 0) is 11.3 Å². The molecule has 1 aliphatic rings. The van der Waals surface area contributed by atoms with Crippen LogP contribution in [-0.4, -0.2) is 24.5 Å². The second-order valence-electron chi connectivity index (χ2n) is 3.26. The molecule has 0 saturated heterocycles. The first-order chi connectivity index (χ1) is 7.24. The van der Waals surface area contributed by atoms with Crippen molar-refractivity contribution in [1.82, 2.24) is 5.32 Å². The molecule has 1 amide bonds. The van der Waals surface area contributed by atoms with Gasteiger partial charge in [0.15, 0.2) is 7.11 Å². The minimum absolute atomic E-state index is 0.218. The summed E-state index contributed by atoms with van der Waals surface area (Å²) in [5.41, 5.74) is 1.56. The summed E-state index contributed by atoms with van der Waals surface area (Å²) < 4.78 is 0. The maximum atomic E-state index is 11.6. The van der Waals surface area contributed by atoms with Gasteiger partial charge in [0.25, 0.3) is 10.8 Å². The van der Waals surface area contributed by atoms with Crippen LogP contribution in [0.15, 0.2) is 18.2 Å². The molecule has 1 N–H and O–H groups in total. The van der Waals surface area contributed by atoms with E-state index < -0.39 is 0 Å². The van der Waals surface area contributed by atoms with Crippen molar-refractivity contribution in [2.75, 3.05) is 13.7 Å². The fourth-order valence-corrected chi connectivity index (χ4v) is 1.71. The van der Waals surface area contributed by atoms with Crippen molar-refractivity contribution in [2.45, 2.75) is 6.42 Å². The van der Waals surface area contributed by atoms with Gasteiger partial charge in [-0.25, -0.2) is 4.84 Å². The standard InChI is InChI=1S/C10H10N2O3/c1-15-12(14)8-4-2-3-7-5-6-11-10(13)9(7)8/h2-4H,5-6H2,1H3/p+1. The molecule has 1 heterocycles. The van der Waals surface area contributed by atoms with E-state index in [1.54, 1.807) is 12.1 Å².